The van der Waals surface area contributed by atoms with Crippen LogP contribution in [0.25, 0.3) is 5.57 Å². The summed E-state index contributed by atoms with van der Waals surface area (Å²) in [7, 11) is -4.90. The first-order valence-electron chi connectivity index (χ1n) is 18.6. The number of aryl methyl sites for hydroxylation is 1. The van der Waals surface area contributed by atoms with Crippen molar-refractivity contribution in [1.29, 1.82) is 0 Å². The van der Waals surface area contributed by atoms with Gasteiger partial charge in [-0.05, 0) is 99.2 Å². The van der Waals surface area contributed by atoms with Crippen molar-refractivity contribution in [2.24, 2.45) is 5.41 Å². The van der Waals surface area contributed by atoms with E-state index in [1.54, 1.807) is 6.07 Å². The Morgan fingerprint density at radius 1 is 0.824 bits per heavy atom. The second-order valence-corrected chi connectivity index (χ2v) is 26.9. The molecule has 0 N–H and O–H groups in total. The van der Waals surface area contributed by atoms with E-state index >= 15 is 0 Å². The van der Waals surface area contributed by atoms with Crippen LogP contribution in [0.3, 0.4) is 0 Å². The van der Waals surface area contributed by atoms with Gasteiger partial charge in [-0.1, -0.05) is 128 Å². The van der Waals surface area contributed by atoms with E-state index in [0.717, 1.165) is 24.0 Å². The summed E-state index contributed by atoms with van der Waals surface area (Å²) in [6.07, 6.45) is 5.93. The van der Waals surface area contributed by atoms with E-state index in [1.807, 2.05) is 31.2 Å². The minimum Gasteiger partial charge on any atom is -0.458 e. The summed E-state index contributed by atoms with van der Waals surface area (Å²) < 4.78 is 34.9. The predicted octanol–water partition coefficient (Wildman–Crippen LogP) is 10.3. The Labute approximate surface area is 308 Å². The summed E-state index contributed by atoms with van der Waals surface area (Å²) in [4.78, 5) is 13.3. The van der Waals surface area contributed by atoms with Gasteiger partial charge < -0.3 is 13.6 Å². The molecule has 1 fully saturated rings. The fraction of sp³-hybridized carbons (Fsp3) is 0.477. The van der Waals surface area contributed by atoms with Crippen molar-refractivity contribution in [2.75, 3.05) is 0 Å². The number of esters is 1. The van der Waals surface area contributed by atoms with Crippen molar-refractivity contribution in [3.05, 3.63) is 114 Å². The monoisotopic (exact) mass is 726 g/mol. The van der Waals surface area contributed by atoms with Crippen LogP contribution < -0.4 is 10.4 Å². The van der Waals surface area contributed by atoms with E-state index < -0.39 is 22.7 Å². The summed E-state index contributed by atoms with van der Waals surface area (Å²) in [5.74, 6) is -0.449. The molecule has 3 aromatic rings. The van der Waals surface area contributed by atoms with Gasteiger partial charge in [-0.25, -0.2) is 4.39 Å². The number of allylic oxidation sites excluding steroid dienone is 2. The van der Waals surface area contributed by atoms with Gasteiger partial charge >= 0.3 is 5.97 Å². The molecule has 0 radical (unpaired) electrons. The lowest BCUT2D eigenvalue weighted by molar-refractivity contribution is -0.155. The number of hydrogen-bond acceptors (Lipinski definition) is 4. The molecular weight excluding hydrogens is 668 g/mol. The highest BCUT2D eigenvalue weighted by molar-refractivity contribution is 6.99. The Kier molecular flexibility index (Phi) is 11.3. The Morgan fingerprint density at radius 2 is 1.41 bits per heavy atom. The molecule has 1 saturated heterocycles. The summed E-state index contributed by atoms with van der Waals surface area (Å²) in [6.45, 7) is 24.6. The number of carbonyl (C=O) groups excluding carboxylic acids is 1. The molecule has 0 bridgehead atoms. The zero-order valence-electron chi connectivity index (χ0n) is 32.7. The first kappa shape index (κ1) is 39.1. The molecule has 0 unspecified atom stereocenters. The van der Waals surface area contributed by atoms with Crippen LogP contribution in [0, 0.1) is 18.2 Å². The van der Waals surface area contributed by atoms with Gasteiger partial charge in [0.1, 0.15) is 11.9 Å². The van der Waals surface area contributed by atoms with Gasteiger partial charge in [-0.15, -0.1) is 0 Å². The zero-order valence-corrected chi connectivity index (χ0v) is 34.7. The molecular formula is C44H59FO4Si2. The molecule has 51 heavy (non-hydrogen) atoms. The second kappa shape index (κ2) is 14.7. The number of carbonyl (C=O) groups is 1. The van der Waals surface area contributed by atoms with Crippen molar-refractivity contribution in [3.8, 4) is 0 Å². The first-order chi connectivity index (χ1) is 23.7. The Hall–Kier alpha value is -3.11. The van der Waals surface area contributed by atoms with Gasteiger partial charge in [0.15, 0.2) is 8.32 Å². The third-order valence-electron chi connectivity index (χ3n) is 11.4. The van der Waals surface area contributed by atoms with Crippen LogP contribution in [0.4, 0.5) is 4.39 Å². The summed E-state index contributed by atoms with van der Waals surface area (Å²) in [6, 6.07) is 26.6. The normalized spacial score (nSPS) is 22.0. The first-order valence-corrected chi connectivity index (χ1v) is 23.4. The molecule has 0 aromatic heterocycles. The van der Waals surface area contributed by atoms with Crippen LogP contribution >= 0.6 is 0 Å². The summed E-state index contributed by atoms with van der Waals surface area (Å²) >= 11 is 0. The molecule has 0 saturated carbocycles. The molecule has 5 rings (SSSR count). The number of hydrogen-bond donors (Lipinski definition) is 0. The number of rotatable bonds is 9. The molecule has 1 aliphatic heterocycles. The lowest BCUT2D eigenvalue weighted by Crippen LogP contribution is -2.68. The average molecular weight is 727 g/mol. The molecule has 274 valence electrons. The van der Waals surface area contributed by atoms with Crippen molar-refractivity contribution in [1.82, 2.24) is 0 Å². The fourth-order valence-corrected chi connectivity index (χ4v) is 13.8. The standard InChI is InChI=1S/C44H59FO4Si2/c1-31-26-32(22-25-40(31)45)38-28-35(48-50(10,11)42(2,3)4)30-44(8,9)39(38)24-23-33-27-34(29-41(46)47-33)49-51(43(5,6)7,36-18-14-12-15-19-36)37-20-16-13-17-21-37/h12-26,33-35H,27-30H2,1-11H3/b24-23+/t33-,34-,35-/m1/s1. The minimum atomic E-state index is -2.86. The van der Waals surface area contributed by atoms with E-state index in [-0.39, 0.29) is 45.9 Å². The van der Waals surface area contributed by atoms with Crippen molar-refractivity contribution in [3.63, 3.8) is 0 Å². The lowest BCUT2D eigenvalue weighted by Gasteiger charge is -2.46. The van der Waals surface area contributed by atoms with E-state index in [1.165, 1.54) is 15.9 Å². The smallest absolute Gasteiger partial charge is 0.308 e. The van der Waals surface area contributed by atoms with Crippen LogP contribution in [0.1, 0.15) is 92.2 Å². The van der Waals surface area contributed by atoms with E-state index in [0.29, 0.717) is 12.0 Å². The van der Waals surface area contributed by atoms with Gasteiger partial charge in [0.25, 0.3) is 8.32 Å². The third kappa shape index (κ3) is 8.43. The largest absolute Gasteiger partial charge is 0.458 e. The molecule has 0 spiro atoms. The fourth-order valence-electron chi connectivity index (χ4n) is 7.75. The molecule has 3 aromatic carbocycles. The van der Waals surface area contributed by atoms with Gasteiger partial charge in [0, 0.05) is 12.5 Å². The van der Waals surface area contributed by atoms with E-state index in [9.17, 15) is 9.18 Å². The van der Waals surface area contributed by atoms with Crippen LogP contribution in [0.2, 0.25) is 23.2 Å². The van der Waals surface area contributed by atoms with Crippen molar-refractivity contribution >= 4 is 38.6 Å². The SMILES string of the molecule is Cc1cc(C2=C(/C=C/[C@@H]3C[C@@H](O[Si](c4ccccc4)(c4ccccc4)C(C)(C)C)CC(=O)O3)C(C)(C)C[C@H](O[Si](C)(C)C(C)(C)C)C2)ccc1F. The Bertz CT molecular complexity index is 1710. The van der Waals surface area contributed by atoms with Crippen molar-refractivity contribution in [2.45, 2.75) is 129 Å². The molecule has 4 nitrogen and oxygen atoms in total. The van der Waals surface area contributed by atoms with Gasteiger partial charge in [-0.3, -0.25) is 4.79 Å². The highest BCUT2D eigenvalue weighted by Crippen LogP contribution is 2.48. The number of halogens is 1. The predicted molar refractivity (Wildman–Crippen MR) is 214 cm³/mol. The summed E-state index contributed by atoms with van der Waals surface area (Å²) in [5.41, 5.74) is 3.74. The van der Waals surface area contributed by atoms with Gasteiger partial charge in [0.05, 0.1) is 12.5 Å². The molecule has 3 atom stereocenters. The maximum Gasteiger partial charge on any atom is 0.308 e. The number of cyclic esters (lactones) is 1. The number of benzene rings is 3. The van der Waals surface area contributed by atoms with E-state index in [4.69, 9.17) is 13.6 Å². The molecule has 7 heteroatoms. The lowest BCUT2D eigenvalue weighted by atomic mass is 9.69. The number of ether oxygens (including phenoxy) is 1. The molecule has 2 aliphatic rings. The molecule has 1 aliphatic carbocycles. The summed E-state index contributed by atoms with van der Waals surface area (Å²) in [5, 5.41) is 2.27. The maximum absolute atomic E-state index is 14.5. The maximum atomic E-state index is 14.5. The van der Waals surface area contributed by atoms with Gasteiger partial charge in [0.2, 0.25) is 0 Å². The quantitative estimate of drug-likeness (QED) is 0.163. The highest BCUT2D eigenvalue weighted by Gasteiger charge is 2.52. The Balaban J connectivity index is 1.51. The van der Waals surface area contributed by atoms with Crippen LogP contribution in [-0.4, -0.2) is 40.9 Å². The van der Waals surface area contributed by atoms with Crippen LogP contribution in [0.15, 0.2) is 96.6 Å². The van der Waals surface area contributed by atoms with Crippen molar-refractivity contribution < 1.29 is 22.8 Å². The Morgan fingerprint density at radius 3 is 1.94 bits per heavy atom. The highest BCUT2D eigenvalue weighted by atomic mass is 28.4. The van der Waals surface area contributed by atoms with Crippen LogP contribution in [0.5, 0.6) is 0 Å². The molecule has 1 heterocycles. The minimum absolute atomic E-state index is 0.0511. The topological polar surface area (TPSA) is 44.8 Å². The third-order valence-corrected chi connectivity index (χ3v) is 21.0. The second-order valence-electron chi connectivity index (χ2n) is 17.9. The van der Waals surface area contributed by atoms with E-state index in [2.05, 4.69) is 129 Å². The van der Waals surface area contributed by atoms with Gasteiger partial charge in [-0.2, -0.15) is 0 Å². The molecule has 0 amide bonds. The zero-order chi connectivity index (χ0) is 37.4. The van der Waals surface area contributed by atoms with Crippen LogP contribution in [-0.2, 0) is 18.4 Å². The average Bonchev–Trinajstić information content (AvgIpc) is 3.03.